The lowest BCUT2D eigenvalue weighted by molar-refractivity contribution is -0.134. The van der Waals surface area contributed by atoms with E-state index in [2.05, 4.69) is 13.8 Å². The Morgan fingerprint density at radius 2 is 1.88 bits per heavy atom. The third-order valence-electron chi connectivity index (χ3n) is 5.61. The maximum atomic E-state index is 13.1. The van der Waals surface area contributed by atoms with Crippen molar-refractivity contribution in [3.05, 3.63) is 59.7 Å². The molecule has 7 nitrogen and oxygen atoms in total. The molecule has 0 aromatic heterocycles. The molecule has 2 amide bonds. The van der Waals surface area contributed by atoms with Crippen LogP contribution in [0.25, 0.3) is 0 Å². The van der Waals surface area contributed by atoms with Crippen LogP contribution >= 0.6 is 0 Å². The number of carbonyl (C=O) groups is 2. The smallest absolute Gasteiger partial charge is 0.254 e. The molecular formula is C25H30N2O5. The zero-order valence-corrected chi connectivity index (χ0v) is 18.7. The maximum absolute atomic E-state index is 13.1. The van der Waals surface area contributed by atoms with E-state index in [0.717, 1.165) is 5.56 Å². The fourth-order valence-electron chi connectivity index (χ4n) is 4.07. The van der Waals surface area contributed by atoms with Crippen LogP contribution < -0.4 is 9.47 Å². The SMILES string of the molecule is CC(C)CN(CC1CN(C(=O)c2ccc3c(c2)OCO3)CCO1)C(=O)Cc1ccccc1. The van der Waals surface area contributed by atoms with E-state index in [9.17, 15) is 9.59 Å². The Labute approximate surface area is 188 Å². The summed E-state index contributed by atoms with van der Waals surface area (Å²) in [7, 11) is 0. The van der Waals surface area contributed by atoms with Gasteiger partial charge < -0.3 is 24.0 Å². The zero-order valence-electron chi connectivity index (χ0n) is 18.7. The van der Waals surface area contributed by atoms with Crippen molar-refractivity contribution in [1.29, 1.82) is 0 Å². The second-order valence-corrected chi connectivity index (χ2v) is 8.67. The van der Waals surface area contributed by atoms with Gasteiger partial charge in [-0.15, -0.1) is 0 Å². The normalized spacial score (nSPS) is 17.5. The van der Waals surface area contributed by atoms with Crippen LogP contribution in [0, 0.1) is 5.92 Å². The molecule has 32 heavy (non-hydrogen) atoms. The molecule has 0 N–H and O–H groups in total. The lowest BCUT2D eigenvalue weighted by Crippen LogP contribution is -2.51. The molecule has 2 aliphatic rings. The van der Waals surface area contributed by atoms with Gasteiger partial charge in [0.15, 0.2) is 11.5 Å². The van der Waals surface area contributed by atoms with Crippen LogP contribution in [0.1, 0.15) is 29.8 Å². The standard InChI is InChI=1S/C25H30N2O5/c1-18(2)14-27(24(28)12-19-6-4-3-5-7-19)16-21-15-26(10-11-30-21)25(29)20-8-9-22-23(13-20)32-17-31-22/h3-9,13,18,21H,10-12,14-17H2,1-2H3. The third-order valence-corrected chi connectivity index (χ3v) is 5.61. The predicted molar refractivity (Wildman–Crippen MR) is 120 cm³/mol. The predicted octanol–water partition coefficient (Wildman–Crippen LogP) is 2.98. The monoisotopic (exact) mass is 438 g/mol. The number of morpholine rings is 1. The van der Waals surface area contributed by atoms with Crippen LogP contribution in [0.5, 0.6) is 11.5 Å². The van der Waals surface area contributed by atoms with Gasteiger partial charge in [-0.3, -0.25) is 9.59 Å². The number of ether oxygens (including phenoxy) is 3. The minimum Gasteiger partial charge on any atom is -0.454 e. The molecule has 0 bridgehead atoms. The Hall–Kier alpha value is -3.06. The highest BCUT2D eigenvalue weighted by Gasteiger charge is 2.29. The second-order valence-electron chi connectivity index (χ2n) is 8.67. The molecule has 170 valence electrons. The van der Waals surface area contributed by atoms with Gasteiger partial charge >= 0.3 is 0 Å². The highest BCUT2D eigenvalue weighted by molar-refractivity contribution is 5.95. The molecule has 1 fully saturated rings. The van der Waals surface area contributed by atoms with Crippen molar-refractivity contribution >= 4 is 11.8 Å². The number of rotatable bonds is 7. The first-order valence-electron chi connectivity index (χ1n) is 11.1. The number of amides is 2. The molecule has 2 aromatic carbocycles. The summed E-state index contributed by atoms with van der Waals surface area (Å²) in [5.74, 6) is 1.60. The summed E-state index contributed by atoms with van der Waals surface area (Å²) in [5, 5.41) is 0. The Kier molecular flexibility index (Phi) is 6.95. The first kappa shape index (κ1) is 22.1. The van der Waals surface area contributed by atoms with Crippen LogP contribution in [-0.2, 0) is 16.0 Å². The third kappa shape index (κ3) is 5.40. The van der Waals surface area contributed by atoms with E-state index in [0.29, 0.717) is 62.2 Å². The minimum atomic E-state index is -0.222. The number of hydrogen-bond acceptors (Lipinski definition) is 5. The zero-order chi connectivity index (χ0) is 22.5. The first-order valence-corrected chi connectivity index (χ1v) is 11.1. The lowest BCUT2D eigenvalue weighted by Gasteiger charge is -2.36. The molecule has 0 radical (unpaired) electrons. The van der Waals surface area contributed by atoms with E-state index in [4.69, 9.17) is 14.2 Å². The van der Waals surface area contributed by atoms with Gasteiger partial charge in [0.05, 0.1) is 19.1 Å². The minimum absolute atomic E-state index is 0.0670. The molecule has 2 aromatic rings. The number of nitrogens with zero attached hydrogens (tertiary/aromatic N) is 2. The van der Waals surface area contributed by atoms with E-state index in [-0.39, 0.29) is 24.7 Å². The molecule has 0 spiro atoms. The van der Waals surface area contributed by atoms with Gasteiger partial charge in [0.2, 0.25) is 12.7 Å². The first-order chi connectivity index (χ1) is 15.5. The summed E-state index contributed by atoms with van der Waals surface area (Å²) in [6, 6.07) is 15.0. The summed E-state index contributed by atoms with van der Waals surface area (Å²) in [6.07, 6.45) is 0.139. The van der Waals surface area contributed by atoms with Gasteiger partial charge in [0, 0.05) is 31.7 Å². The van der Waals surface area contributed by atoms with Crippen LogP contribution in [0.4, 0.5) is 0 Å². The number of benzene rings is 2. The fourth-order valence-corrected chi connectivity index (χ4v) is 4.07. The van der Waals surface area contributed by atoms with Crippen molar-refractivity contribution in [2.75, 3.05) is 39.6 Å². The average molecular weight is 439 g/mol. The van der Waals surface area contributed by atoms with Crippen molar-refractivity contribution in [2.45, 2.75) is 26.4 Å². The van der Waals surface area contributed by atoms with Gasteiger partial charge in [-0.25, -0.2) is 0 Å². The van der Waals surface area contributed by atoms with E-state index < -0.39 is 0 Å². The molecule has 4 rings (SSSR count). The molecular weight excluding hydrogens is 408 g/mol. The Morgan fingerprint density at radius 1 is 1.09 bits per heavy atom. The Balaban J connectivity index is 1.40. The highest BCUT2D eigenvalue weighted by atomic mass is 16.7. The number of carbonyl (C=O) groups excluding carboxylic acids is 2. The molecule has 2 heterocycles. The quantitative estimate of drug-likeness (QED) is 0.665. The van der Waals surface area contributed by atoms with Crippen molar-refractivity contribution in [3.8, 4) is 11.5 Å². The Morgan fingerprint density at radius 3 is 2.66 bits per heavy atom. The van der Waals surface area contributed by atoms with Gasteiger partial charge in [0.1, 0.15) is 0 Å². The second kappa shape index (κ2) is 10.0. The van der Waals surface area contributed by atoms with Crippen LogP contribution in [0.3, 0.4) is 0 Å². The van der Waals surface area contributed by atoms with Gasteiger partial charge in [-0.1, -0.05) is 44.2 Å². The molecule has 1 atom stereocenters. The molecule has 0 saturated carbocycles. The van der Waals surface area contributed by atoms with Crippen LogP contribution in [-0.4, -0.2) is 67.3 Å². The topological polar surface area (TPSA) is 68.3 Å². The van der Waals surface area contributed by atoms with E-state index >= 15 is 0 Å². The summed E-state index contributed by atoms with van der Waals surface area (Å²) < 4.78 is 16.7. The van der Waals surface area contributed by atoms with Gasteiger partial charge in [-0.05, 0) is 29.7 Å². The van der Waals surface area contributed by atoms with Crippen LogP contribution in [0.15, 0.2) is 48.5 Å². The van der Waals surface area contributed by atoms with Crippen molar-refractivity contribution < 1.29 is 23.8 Å². The van der Waals surface area contributed by atoms with E-state index in [1.807, 2.05) is 35.2 Å². The average Bonchev–Trinajstić information content (AvgIpc) is 3.26. The van der Waals surface area contributed by atoms with E-state index in [1.54, 1.807) is 23.1 Å². The molecule has 7 heteroatoms. The van der Waals surface area contributed by atoms with Gasteiger partial charge in [0.25, 0.3) is 5.91 Å². The van der Waals surface area contributed by atoms with Crippen molar-refractivity contribution in [1.82, 2.24) is 9.80 Å². The summed E-state index contributed by atoms with van der Waals surface area (Å²) >= 11 is 0. The van der Waals surface area contributed by atoms with E-state index in [1.165, 1.54) is 0 Å². The Bertz CT molecular complexity index is 947. The van der Waals surface area contributed by atoms with Crippen LogP contribution in [0.2, 0.25) is 0 Å². The molecule has 0 aliphatic carbocycles. The lowest BCUT2D eigenvalue weighted by atomic mass is 10.1. The van der Waals surface area contributed by atoms with Crippen molar-refractivity contribution in [2.24, 2.45) is 5.92 Å². The number of fused-ring (bicyclic) bond motifs is 1. The number of hydrogen-bond donors (Lipinski definition) is 0. The summed E-state index contributed by atoms with van der Waals surface area (Å²) in [4.78, 5) is 29.8. The largest absolute Gasteiger partial charge is 0.454 e. The van der Waals surface area contributed by atoms with Crippen molar-refractivity contribution in [3.63, 3.8) is 0 Å². The summed E-state index contributed by atoms with van der Waals surface area (Å²) in [6.45, 7) is 6.90. The fraction of sp³-hybridized carbons (Fsp3) is 0.440. The molecule has 1 saturated heterocycles. The highest BCUT2D eigenvalue weighted by Crippen LogP contribution is 2.33. The van der Waals surface area contributed by atoms with Gasteiger partial charge in [-0.2, -0.15) is 0 Å². The molecule has 2 aliphatic heterocycles. The maximum Gasteiger partial charge on any atom is 0.254 e. The summed E-state index contributed by atoms with van der Waals surface area (Å²) in [5.41, 5.74) is 1.56. The molecule has 1 unspecified atom stereocenters.